The van der Waals surface area contributed by atoms with Crippen LogP contribution in [0.2, 0.25) is 13.1 Å². The summed E-state index contributed by atoms with van der Waals surface area (Å²) in [6.07, 6.45) is 7.57. The Bertz CT molecular complexity index is 723. The molecule has 118 valence electrons. The third-order valence-corrected chi connectivity index (χ3v) is 7.34. The van der Waals surface area contributed by atoms with Crippen LogP contribution in [0.4, 0.5) is 0 Å². The van der Waals surface area contributed by atoms with Crippen LogP contribution in [-0.4, -0.2) is 12.4 Å². The average molecular weight is 411 g/mol. The summed E-state index contributed by atoms with van der Waals surface area (Å²) in [6, 6.07) is 10.7. The van der Waals surface area contributed by atoms with Crippen molar-refractivity contribution in [3.8, 4) is 0 Å². The minimum atomic E-state index is -1.67. The second kappa shape index (κ2) is 8.01. The Kier molecular flexibility index (Phi) is 7.20. The van der Waals surface area contributed by atoms with Gasteiger partial charge in [0.2, 0.25) is 0 Å². The van der Waals surface area contributed by atoms with Gasteiger partial charge in [-0.1, -0.05) is 0 Å². The molecule has 1 aliphatic rings. The van der Waals surface area contributed by atoms with E-state index in [1.165, 1.54) is 19.4 Å². The minimum absolute atomic E-state index is 0. The molecule has 6 heteroatoms. The van der Waals surface area contributed by atoms with Crippen molar-refractivity contribution < 1.29 is 15.2 Å². The molecular weight excluding hydrogens is 393 g/mol. The van der Waals surface area contributed by atoms with Crippen molar-refractivity contribution in [1.82, 2.24) is 4.98 Å². The van der Waals surface area contributed by atoms with E-state index in [0.29, 0.717) is 15.2 Å². The van der Waals surface area contributed by atoms with Crippen LogP contribution < -0.4 is 4.43 Å². The average Bonchev–Trinajstić information content (AvgIpc) is 2.87. The quantitative estimate of drug-likeness (QED) is 0.513. The third-order valence-electron chi connectivity index (χ3n) is 3.35. The molecule has 0 amide bonds. The van der Waals surface area contributed by atoms with Gasteiger partial charge >= 0.3 is 132 Å². The van der Waals surface area contributed by atoms with Gasteiger partial charge in [0.25, 0.3) is 0 Å². The smallest absolute Gasteiger partial charge is 0.147 e. The first-order valence-corrected chi connectivity index (χ1v) is 11.9. The molecule has 0 fully saturated rings. The fraction of sp³-hybridized carbons (Fsp3) is 0.188. The number of aromatic nitrogens is 1. The molecule has 1 nitrogen and oxygen atoms in total. The molecule has 0 saturated heterocycles. The molecule has 0 spiro atoms. The first-order valence-electron chi connectivity index (χ1n) is 6.65. The Morgan fingerprint density at radius 3 is 2.64 bits per heavy atom. The summed E-state index contributed by atoms with van der Waals surface area (Å²) in [6.45, 7) is 4.38. The number of fused-ring (bicyclic) bond motifs is 1. The van der Waals surface area contributed by atoms with E-state index >= 15 is 0 Å². The van der Waals surface area contributed by atoms with Gasteiger partial charge in [0.1, 0.15) is 0 Å². The van der Waals surface area contributed by atoms with Crippen molar-refractivity contribution in [2.24, 2.45) is 0 Å². The molecular formula is C16H18Cl3CrNSi. The van der Waals surface area contributed by atoms with Gasteiger partial charge in [-0.2, -0.15) is 0 Å². The number of halogens is 3. The number of nitrogens with zero attached hydrogens (tertiary/aromatic N) is 1. The molecule has 0 bridgehead atoms. The predicted octanol–water partition coefficient (Wildman–Crippen LogP) is 4.98. The normalized spacial score (nSPS) is 14.0. The van der Waals surface area contributed by atoms with E-state index in [4.69, 9.17) is 11.1 Å². The van der Waals surface area contributed by atoms with Crippen LogP contribution in [0.1, 0.15) is 6.42 Å². The minimum Gasteiger partial charge on any atom is -0.147 e. The van der Waals surface area contributed by atoms with Gasteiger partial charge < -0.3 is 0 Å². The number of pyridine rings is 1. The molecule has 0 aliphatic heterocycles. The molecule has 3 rings (SSSR count). The molecule has 22 heavy (non-hydrogen) atoms. The Morgan fingerprint density at radius 2 is 1.95 bits per heavy atom. The van der Waals surface area contributed by atoms with Gasteiger partial charge in [0, 0.05) is 0 Å². The van der Waals surface area contributed by atoms with Crippen molar-refractivity contribution in [1.29, 1.82) is 0 Å². The molecule has 1 aromatic heterocycles. The summed E-state index contributed by atoms with van der Waals surface area (Å²) in [5.74, 6) is 0. The number of hydrogen-bond donors (Lipinski definition) is 0. The first-order chi connectivity index (χ1) is 9.52. The van der Waals surface area contributed by atoms with Crippen molar-refractivity contribution in [2.75, 3.05) is 0 Å². The molecule has 1 aromatic carbocycles. The molecule has 1 heterocycles. The molecule has 0 radical (unpaired) electrons. The number of hydrogen-bond acceptors (Lipinski definition) is 1. The van der Waals surface area contributed by atoms with Crippen molar-refractivity contribution in [3.05, 3.63) is 58.3 Å². The van der Waals surface area contributed by atoms with E-state index in [1.807, 2.05) is 12.3 Å². The Morgan fingerprint density at radius 1 is 1.18 bits per heavy atom. The van der Waals surface area contributed by atoms with Gasteiger partial charge in [-0.15, -0.1) is 24.8 Å². The maximum Gasteiger partial charge on any atom is -0.147 e. The standard InChI is InChI=1S/C9H6N.C7H10ClSi.2ClH.Cr/c1-2-6-9-8(4-1)5-3-7-10-9;1-9(2,8)7-5-3-4-6-7;;;/h2-7H;5-6H,3H2,1-2H3;2*1H;. The topological polar surface area (TPSA) is 12.9 Å². The van der Waals surface area contributed by atoms with Gasteiger partial charge in [-0.25, -0.2) is 0 Å². The van der Waals surface area contributed by atoms with E-state index in [1.54, 1.807) is 0 Å². The largest absolute Gasteiger partial charge is 0.147 e. The van der Waals surface area contributed by atoms with Gasteiger partial charge in [-0.3, -0.25) is 0 Å². The fourth-order valence-electron chi connectivity index (χ4n) is 2.26. The van der Waals surface area contributed by atoms with E-state index in [9.17, 15) is 0 Å². The molecule has 1 aliphatic carbocycles. The van der Waals surface area contributed by atoms with Crippen LogP contribution in [0.25, 0.3) is 10.9 Å². The predicted molar refractivity (Wildman–Crippen MR) is 100.0 cm³/mol. The maximum atomic E-state index is 6.51. The van der Waals surface area contributed by atoms with E-state index in [2.05, 4.69) is 54.5 Å². The monoisotopic (exact) mass is 409 g/mol. The Balaban J connectivity index is 0.00000121. The van der Waals surface area contributed by atoms with E-state index in [0.717, 1.165) is 11.9 Å². The third kappa shape index (κ3) is 4.61. The zero-order chi connectivity index (χ0) is 14.2. The van der Waals surface area contributed by atoms with Gasteiger partial charge in [0.15, 0.2) is 0 Å². The zero-order valence-electron chi connectivity index (χ0n) is 12.4. The first kappa shape index (κ1) is 19.8. The van der Waals surface area contributed by atoms with Crippen LogP contribution in [0.3, 0.4) is 0 Å². The number of rotatable bonds is 3. The number of benzene rings is 1. The Labute approximate surface area is 156 Å². The van der Waals surface area contributed by atoms with Gasteiger partial charge in [0.05, 0.1) is 0 Å². The summed E-state index contributed by atoms with van der Waals surface area (Å²) in [5.41, 5.74) is 1.07. The second-order valence-corrected chi connectivity index (χ2v) is 13.6. The van der Waals surface area contributed by atoms with Crippen LogP contribution in [0.15, 0.2) is 58.3 Å². The van der Waals surface area contributed by atoms with E-state index in [-0.39, 0.29) is 24.8 Å². The van der Waals surface area contributed by atoms with Crippen molar-refractivity contribution >= 4 is 58.6 Å². The zero-order valence-corrected chi connectivity index (χ0v) is 17.0. The molecule has 0 N–H and O–H groups in total. The van der Waals surface area contributed by atoms with Crippen LogP contribution >= 0.6 is 35.9 Å². The van der Waals surface area contributed by atoms with Gasteiger partial charge in [-0.05, 0) is 0 Å². The molecule has 0 unspecified atom stereocenters. The summed E-state index contributed by atoms with van der Waals surface area (Å²) in [7, 11) is -1.67. The summed E-state index contributed by atoms with van der Waals surface area (Å²) < 4.78 is 2.94. The van der Waals surface area contributed by atoms with Crippen molar-refractivity contribution in [2.45, 2.75) is 19.5 Å². The van der Waals surface area contributed by atoms with Crippen LogP contribution in [0, 0.1) is 0 Å². The van der Waals surface area contributed by atoms with Crippen LogP contribution in [0.5, 0.6) is 0 Å². The fourth-order valence-corrected chi connectivity index (χ4v) is 5.45. The molecule has 0 atom stereocenters. The van der Waals surface area contributed by atoms with E-state index < -0.39 is 7.38 Å². The molecule has 0 saturated carbocycles. The maximum absolute atomic E-state index is 6.51. The van der Waals surface area contributed by atoms with Crippen molar-refractivity contribution in [3.63, 3.8) is 0 Å². The summed E-state index contributed by atoms with van der Waals surface area (Å²) in [4.78, 5) is 4.37. The summed E-state index contributed by atoms with van der Waals surface area (Å²) >= 11 is 6.90. The Hall–Kier alpha value is -0.271. The second-order valence-electron chi connectivity index (χ2n) is 5.41. The summed E-state index contributed by atoms with van der Waals surface area (Å²) in [5, 5.41) is 2.62. The number of allylic oxidation sites excluding steroid dienone is 4. The van der Waals surface area contributed by atoms with Crippen LogP contribution in [-0.2, 0) is 15.2 Å². The SMILES string of the molecule is C[Si](C)(Cl)C1=CC[C]([Cr][c]2ccc3ncccc3c2)=C1.Cl.Cl. The molecule has 2 aromatic rings.